The van der Waals surface area contributed by atoms with Gasteiger partial charge in [-0.25, -0.2) is 4.79 Å². The van der Waals surface area contributed by atoms with E-state index in [0.29, 0.717) is 5.92 Å². The maximum atomic E-state index is 10.8. The summed E-state index contributed by atoms with van der Waals surface area (Å²) in [5.74, 6) is -0.316. The van der Waals surface area contributed by atoms with Crippen LogP contribution in [0.1, 0.15) is 29.5 Å². The summed E-state index contributed by atoms with van der Waals surface area (Å²) in [4.78, 5) is 10.8. The predicted molar refractivity (Wildman–Crippen MR) is 68.1 cm³/mol. The van der Waals surface area contributed by atoms with Gasteiger partial charge in [0.25, 0.3) is 0 Å². The van der Waals surface area contributed by atoms with Crippen molar-refractivity contribution in [3.05, 3.63) is 46.5 Å². The van der Waals surface area contributed by atoms with E-state index in [0.717, 1.165) is 24.8 Å². The standard InChI is InChI=1S/C15H18O2/c1-10-3-4-11(2)13(7-10)8-14(9-15(16)17)12-5-6-12/h3-4,7,9,12H,5-6,8H2,1-2H3,(H,16,17)/b14-9-. The Balaban J connectivity index is 2.22. The summed E-state index contributed by atoms with van der Waals surface area (Å²) in [7, 11) is 0. The summed E-state index contributed by atoms with van der Waals surface area (Å²) < 4.78 is 0. The second kappa shape index (κ2) is 4.74. The van der Waals surface area contributed by atoms with Crippen molar-refractivity contribution in [1.82, 2.24) is 0 Å². The average molecular weight is 230 g/mol. The highest BCUT2D eigenvalue weighted by atomic mass is 16.4. The van der Waals surface area contributed by atoms with Gasteiger partial charge in [-0.15, -0.1) is 0 Å². The number of allylic oxidation sites excluding steroid dienone is 1. The highest BCUT2D eigenvalue weighted by Crippen LogP contribution is 2.38. The summed E-state index contributed by atoms with van der Waals surface area (Å²) in [5.41, 5.74) is 4.80. The Labute approximate surface area is 102 Å². The van der Waals surface area contributed by atoms with E-state index in [9.17, 15) is 4.79 Å². The molecule has 1 fully saturated rings. The molecule has 1 aliphatic carbocycles. The summed E-state index contributed by atoms with van der Waals surface area (Å²) >= 11 is 0. The molecule has 1 aromatic rings. The zero-order chi connectivity index (χ0) is 12.4. The van der Waals surface area contributed by atoms with Crippen LogP contribution in [0.2, 0.25) is 0 Å². The first kappa shape index (κ1) is 11.9. The lowest BCUT2D eigenvalue weighted by atomic mass is 9.96. The molecule has 1 aromatic carbocycles. The number of rotatable bonds is 4. The van der Waals surface area contributed by atoms with Crippen molar-refractivity contribution in [1.29, 1.82) is 0 Å². The van der Waals surface area contributed by atoms with E-state index in [2.05, 4.69) is 32.0 Å². The van der Waals surface area contributed by atoms with Crippen LogP contribution in [-0.4, -0.2) is 11.1 Å². The minimum Gasteiger partial charge on any atom is -0.478 e. The topological polar surface area (TPSA) is 37.3 Å². The molecule has 17 heavy (non-hydrogen) atoms. The molecule has 2 rings (SSSR count). The monoisotopic (exact) mass is 230 g/mol. The Morgan fingerprint density at radius 1 is 1.41 bits per heavy atom. The average Bonchev–Trinajstić information content (AvgIpc) is 3.05. The predicted octanol–water partition coefficient (Wildman–Crippen LogP) is 3.27. The van der Waals surface area contributed by atoms with Crippen LogP contribution in [0.3, 0.4) is 0 Å². The summed E-state index contributed by atoms with van der Waals surface area (Å²) in [5, 5.41) is 8.89. The first-order valence-corrected chi connectivity index (χ1v) is 6.06. The number of benzene rings is 1. The molecule has 1 saturated carbocycles. The van der Waals surface area contributed by atoms with Crippen LogP contribution in [-0.2, 0) is 11.2 Å². The van der Waals surface area contributed by atoms with Crippen molar-refractivity contribution in [3.8, 4) is 0 Å². The number of hydrogen-bond acceptors (Lipinski definition) is 1. The third kappa shape index (κ3) is 3.19. The largest absolute Gasteiger partial charge is 0.478 e. The Hall–Kier alpha value is -1.57. The lowest BCUT2D eigenvalue weighted by molar-refractivity contribution is -0.131. The fourth-order valence-electron chi connectivity index (χ4n) is 2.14. The Morgan fingerprint density at radius 2 is 2.12 bits per heavy atom. The smallest absolute Gasteiger partial charge is 0.328 e. The SMILES string of the molecule is Cc1ccc(C)c(C/C(=C/C(=O)O)C2CC2)c1. The van der Waals surface area contributed by atoms with Crippen LogP contribution in [0.5, 0.6) is 0 Å². The van der Waals surface area contributed by atoms with Gasteiger partial charge in [-0.3, -0.25) is 0 Å². The fourth-order valence-corrected chi connectivity index (χ4v) is 2.14. The lowest BCUT2D eigenvalue weighted by Gasteiger charge is -2.09. The molecule has 1 N–H and O–H groups in total. The molecule has 2 heteroatoms. The van der Waals surface area contributed by atoms with Gasteiger partial charge in [-0.05, 0) is 50.2 Å². The highest BCUT2D eigenvalue weighted by molar-refractivity contribution is 5.81. The van der Waals surface area contributed by atoms with Gasteiger partial charge in [-0.2, -0.15) is 0 Å². The van der Waals surface area contributed by atoms with Crippen molar-refractivity contribution >= 4 is 5.97 Å². The summed E-state index contributed by atoms with van der Waals surface area (Å²) in [6.45, 7) is 4.15. The van der Waals surface area contributed by atoms with E-state index in [1.165, 1.54) is 22.8 Å². The molecule has 0 saturated heterocycles. The van der Waals surface area contributed by atoms with Gasteiger partial charge in [0, 0.05) is 6.08 Å². The van der Waals surface area contributed by atoms with Crippen LogP contribution in [0.4, 0.5) is 0 Å². The van der Waals surface area contributed by atoms with Crippen molar-refractivity contribution < 1.29 is 9.90 Å². The second-order valence-electron chi connectivity index (χ2n) is 4.94. The van der Waals surface area contributed by atoms with E-state index >= 15 is 0 Å². The van der Waals surface area contributed by atoms with Gasteiger partial charge in [-0.1, -0.05) is 29.3 Å². The summed E-state index contributed by atoms with van der Waals surface area (Å²) in [6, 6.07) is 6.36. The molecule has 0 amide bonds. The molecule has 2 nitrogen and oxygen atoms in total. The van der Waals surface area contributed by atoms with E-state index in [1.54, 1.807) is 0 Å². The Bertz CT molecular complexity index is 468. The van der Waals surface area contributed by atoms with Gasteiger partial charge in [0.05, 0.1) is 0 Å². The van der Waals surface area contributed by atoms with Gasteiger partial charge >= 0.3 is 5.97 Å². The van der Waals surface area contributed by atoms with Gasteiger partial charge in [0.1, 0.15) is 0 Å². The quantitative estimate of drug-likeness (QED) is 0.806. The van der Waals surface area contributed by atoms with Crippen LogP contribution >= 0.6 is 0 Å². The van der Waals surface area contributed by atoms with Crippen LogP contribution in [0.25, 0.3) is 0 Å². The van der Waals surface area contributed by atoms with Gasteiger partial charge in [0.2, 0.25) is 0 Å². The zero-order valence-electron chi connectivity index (χ0n) is 10.4. The molecule has 0 heterocycles. The van der Waals surface area contributed by atoms with Crippen molar-refractivity contribution in [2.24, 2.45) is 5.92 Å². The van der Waals surface area contributed by atoms with Gasteiger partial charge in [0.15, 0.2) is 0 Å². The van der Waals surface area contributed by atoms with E-state index in [4.69, 9.17) is 5.11 Å². The van der Waals surface area contributed by atoms with Crippen molar-refractivity contribution in [2.75, 3.05) is 0 Å². The Kier molecular flexibility index (Phi) is 3.32. The van der Waals surface area contributed by atoms with Crippen LogP contribution in [0.15, 0.2) is 29.8 Å². The molecule has 0 bridgehead atoms. The molecular weight excluding hydrogens is 212 g/mol. The minimum atomic E-state index is -0.822. The van der Waals surface area contributed by atoms with Crippen molar-refractivity contribution in [2.45, 2.75) is 33.1 Å². The van der Waals surface area contributed by atoms with E-state index < -0.39 is 5.97 Å². The normalized spacial score (nSPS) is 16.0. The molecule has 0 atom stereocenters. The molecule has 0 radical (unpaired) electrons. The highest BCUT2D eigenvalue weighted by Gasteiger charge is 2.26. The number of carboxylic acid groups (broad SMARTS) is 1. The lowest BCUT2D eigenvalue weighted by Crippen LogP contribution is -2.00. The second-order valence-corrected chi connectivity index (χ2v) is 4.94. The van der Waals surface area contributed by atoms with Gasteiger partial charge < -0.3 is 5.11 Å². The number of hydrogen-bond donors (Lipinski definition) is 1. The zero-order valence-corrected chi connectivity index (χ0v) is 10.4. The number of carbonyl (C=O) groups is 1. The molecule has 0 unspecified atom stereocenters. The molecule has 90 valence electrons. The van der Waals surface area contributed by atoms with Crippen LogP contribution in [0, 0.1) is 19.8 Å². The number of aryl methyl sites for hydroxylation is 2. The minimum absolute atomic E-state index is 0.506. The van der Waals surface area contributed by atoms with Crippen molar-refractivity contribution in [3.63, 3.8) is 0 Å². The Morgan fingerprint density at radius 3 is 2.71 bits per heavy atom. The number of carboxylic acids is 1. The first-order valence-electron chi connectivity index (χ1n) is 6.06. The molecule has 0 aliphatic heterocycles. The molecule has 1 aliphatic rings. The molecular formula is C15H18O2. The first-order chi connectivity index (χ1) is 8.06. The van der Waals surface area contributed by atoms with Crippen LogP contribution < -0.4 is 0 Å². The van der Waals surface area contributed by atoms with E-state index in [1.807, 2.05) is 0 Å². The maximum absolute atomic E-state index is 10.8. The third-order valence-corrected chi connectivity index (χ3v) is 3.31. The fraction of sp³-hybridized carbons (Fsp3) is 0.400. The van der Waals surface area contributed by atoms with E-state index in [-0.39, 0.29) is 0 Å². The molecule has 0 spiro atoms. The molecule has 0 aromatic heterocycles. The maximum Gasteiger partial charge on any atom is 0.328 e. The summed E-state index contributed by atoms with van der Waals surface area (Å²) in [6.07, 6.45) is 4.47. The number of aliphatic carboxylic acids is 1. The third-order valence-electron chi connectivity index (χ3n) is 3.31.